The van der Waals surface area contributed by atoms with Gasteiger partial charge in [0.15, 0.2) is 0 Å². The van der Waals surface area contributed by atoms with Crippen LogP contribution in [0.15, 0.2) is 0 Å². The van der Waals surface area contributed by atoms with Gasteiger partial charge in [0.05, 0.1) is 6.10 Å². The topological polar surface area (TPSA) is 35.2 Å². The molecule has 0 aliphatic heterocycles. The Morgan fingerprint density at radius 1 is 1.20 bits per heavy atom. The van der Waals surface area contributed by atoms with E-state index in [4.69, 9.17) is 10.5 Å². The van der Waals surface area contributed by atoms with Crippen LogP contribution in [0.5, 0.6) is 0 Å². The van der Waals surface area contributed by atoms with Crippen molar-refractivity contribution in [3.63, 3.8) is 0 Å². The van der Waals surface area contributed by atoms with Gasteiger partial charge in [0.2, 0.25) is 0 Å². The van der Waals surface area contributed by atoms with E-state index < -0.39 is 0 Å². The molecule has 1 saturated carbocycles. The summed E-state index contributed by atoms with van der Waals surface area (Å²) < 4.78 is 6.00. The number of hydrogen-bond acceptors (Lipinski definition) is 2. The third kappa shape index (κ3) is 4.98. The van der Waals surface area contributed by atoms with E-state index in [-0.39, 0.29) is 0 Å². The molecule has 90 valence electrons. The summed E-state index contributed by atoms with van der Waals surface area (Å²) in [5, 5.41) is 0. The van der Waals surface area contributed by atoms with Crippen LogP contribution in [-0.2, 0) is 4.74 Å². The highest BCUT2D eigenvalue weighted by Gasteiger charge is 2.22. The third-order valence-electron chi connectivity index (χ3n) is 3.42. The van der Waals surface area contributed by atoms with Gasteiger partial charge in [-0.3, -0.25) is 0 Å². The molecular weight excluding hydrogens is 186 g/mol. The minimum absolute atomic E-state index is 0.441. The number of ether oxygens (including phenoxy) is 1. The van der Waals surface area contributed by atoms with E-state index in [2.05, 4.69) is 13.8 Å². The average molecular weight is 213 g/mol. The third-order valence-corrected chi connectivity index (χ3v) is 3.42. The van der Waals surface area contributed by atoms with Gasteiger partial charge >= 0.3 is 0 Å². The fourth-order valence-corrected chi connectivity index (χ4v) is 2.29. The summed E-state index contributed by atoms with van der Waals surface area (Å²) in [5.41, 5.74) is 5.81. The summed E-state index contributed by atoms with van der Waals surface area (Å²) in [7, 11) is 0. The second kappa shape index (κ2) is 7.24. The first-order valence-electron chi connectivity index (χ1n) is 6.55. The number of hydrogen-bond donors (Lipinski definition) is 1. The molecule has 0 radical (unpaired) electrons. The predicted molar refractivity (Wildman–Crippen MR) is 64.8 cm³/mol. The van der Waals surface area contributed by atoms with Crippen molar-refractivity contribution in [2.75, 3.05) is 13.2 Å². The molecule has 2 unspecified atom stereocenters. The Kier molecular flexibility index (Phi) is 6.26. The zero-order chi connectivity index (χ0) is 11.1. The summed E-state index contributed by atoms with van der Waals surface area (Å²) in [6.07, 6.45) is 8.13. The fraction of sp³-hybridized carbons (Fsp3) is 1.00. The summed E-state index contributed by atoms with van der Waals surface area (Å²) in [6.45, 7) is 6.21. The van der Waals surface area contributed by atoms with Crippen LogP contribution in [-0.4, -0.2) is 19.3 Å². The van der Waals surface area contributed by atoms with Crippen LogP contribution < -0.4 is 5.73 Å². The summed E-state index contributed by atoms with van der Waals surface area (Å²) in [4.78, 5) is 0. The molecule has 0 bridgehead atoms. The number of nitrogens with two attached hydrogens (primary N) is 1. The van der Waals surface area contributed by atoms with Gasteiger partial charge in [-0.25, -0.2) is 0 Å². The lowest BCUT2D eigenvalue weighted by atomic mass is 9.97. The molecule has 2 N–H and O–H groups in total. The molecule has 2 atom stereocenters. The average Bonchev–Trinajstić information content (AvgIpc) is 2.42. The molecule has 0 spiro atoms. The SMILES string of the molecule is CC(C)CCOC1CCCCCC1CN. The van der Waals surface area contributed by atoms with Gasteiger partial charge in [0, 0.05) is 6.61 Å². The van der Waals surface area contributed by atoms with Gasteiger partial charge in [0.25, 0.3) is 0 Å². The van der Waals surface area contributed by atoms with Crippen molar-refractivity contribution in [2.24, 2.45) is 17.6 Å². The first-order valence-corrected chi connectivity index (χ1v) is 6.55. The molecule has 2 heteroatoms. The Bertz CT molecular complexity index is 159. The molecule has 0 aromatic carbocycles. The van der Waals surface area contributed by atoms with Gasteiger partial charge in [-0.2, -0.15) is 0 Å². The molecule has 0 saturated heterocycles. The number of rotatable bonds is 5. The van der Waals surface area contributed by atoms with Crippen LogP contribution in [0, 0.1) is 11.8 Å². The van der Waals surface area contributed by atoms with E-state index >= 15 is 0 Å². The molecule has 2 nitrogen and oxygen atoms in total. The van der Waals surface area contributed by atoms with Crippen LogP contribution in [0.1, 0.15) is 52.4 Å². The lowest BCUT2D eigenvalue weighted by Crippen LogP contribution is -2.29. The monoisotopic (exact) mass is 213 g/mol. The van der Waals surface area contributed by atoms with E-state index in [1.807, 2.05) is 0 Å². The molecule has 1 aliphatic rings. The Morgan fingerprint density at radius 2 is 1.93 bits per heavy atom. The van der Waals surface area contributed by atoms with Crippen molar-refractivity contribution in [2.45, 2.75) is 58.5 Å². The largest absolute Gasteiger partial charge is 0.378 e. The second-order valence-electron chi connectivity index (χ2n) is 5.23. The minimum atomic E-state index is 0.441. The van der Waals surface area contributed by atoms with Gasteiger partial charge in [-0.15, -0.1) is 0 Å². The maximum atomic E-state index is 6.00. The highest BCUT2D eigenvalue weighted by Crippen LogP contribution is 2.25. The van der Waals surface area contributed by atoms with Gasteiger partial charge in [-0.05, 0) is 37.6 Å². The summed E-state index contributed by atoms with van der Waals surface area (Å²) >= 11 is 0. The molecule has 1 aliphatic carbocycles. The van der Waals surface area contributed by atoms with E-state index in [0.717, 1.165) is 19.1 Å². The quantitative estimate of drug-likeness (QED) is 0.713. The predicted octanol–water partition coefficient (Wildman–Crippen LogP) is 2.96. The fourth-order valence-electron chi connectivity index (χ4n) is 2.29. The van der Waals surface area contributed by atoms with E-state index in [0.29, 0.717) is 12.0 Å². The van der Waals surface area contributed by atoms with Crippen molar-refractivity contribution in [1.82, 2.24) is 0 Å². The zero-order valence-corrected chi connectivity index (χ0v) is 10.4. The summed E-state index contributed by atoms with van der Waals surface area (Å²) in [6, 6.07) is 0. The zero-order valence-electron chi connectivity index (χ0n) is 10.4. The van der Waals surface area contributed by atoms with Gasteiger partial charge in [0.1, 0.15) is 0 Å². The van der Waals surface area contributed by atoms with Crippen molar-refractivity contribution in [3.8, 4) is 0 Å². The molecule has 1 fully saturated rings. The van der Waals surface area contributed by atoms with E-state index in [1.165, 1.54) is 38.5 Å². The second-order valence-corrected chi connectivity index (χ2v) is 5.23. The van der Waals surface area contributed by atoms with Crippen LogP contribution >= 0.6 is 0 Å². The molecule has 0 aromatic rings. The molecule has 1 rings (SSSR count). The Labute approximate surface area is 94.6 Å². The maximum Gasteiger partial charge on any atom is 0.0615 e. The van der Waals surface area contributed by atoms with Gasteiger partial charge < -0.3 is 10.5 Å². The summed E-state index contributed by atoms with van der Waals surface area (Å²) in [5.74, 6) is 1.35. The highest BCUT2D eigenvalue weighted by molar-refractivity contribution is 4.75. The maximum absolute atomic E-state index is 6.00. The van der Waals surface area contributed by atoms with Crippen LogP contribution in [0.3, 0.4) is 0 Å². The Hall–Kier alpha value is -0.0800. The molecular formula is C13H27NO. The van der Waals surface area contributed by atoms with E-state index in [1.54, 1.807) is 0 Å². The molecule has 15 heavy (non-hydrogen) atoms. The highest BCUT2D eigenvalue weighted by atomic mass is 16.5. The standard InChI is InChI=1S/C13H27NO/c1-11(2)8-9-15-13-7-5-3-4-6-12(13)10-14/h11-13H,3-10,14H2,1-2H3. The first-order chi connectivity index (χ1) is 7.24. The van der Waals surface area contributed by atoms with Crippen molar-refractivity contribution < 1.29 is 4.74 Å². The van der Waals surface area contributed by atoms with Crippen molar-refractivity contribution in [1.29, 1.82) is 0 Å². The first kappa shape index (κ1) is 13.0. The van der Waals surface area contributed by atoms with Crippen molar-refractivity contribution >= 4 is 0 Å². The molecule has 0 aromatic heterocycles. The Balaban J connectivity index is 2.28. The van der Waals surface area contributed by atoms with E-state index in [9.17, 15) is 0 Å². The van der Waals surface area contributed by atoms with Crippen molar-refractivity contribution in [3.05, 3.63) is 0 Å². The lowest BCUT2D eigenvalue weighted by Gasteiger charge is -2.24. The molecule has 0 heterocycles. The smallest absolute Gasteiger partial charge is 0.0615 e. The lowest BCUT2D eigenvalue weighted by molar-refractivity contribution is 0.00553. The van der Waals surface area contributed by atoms with Crippen LogP contribution in [0.2, 0.25) is 0 Å². The Morgan fingerprint density at radius 3 is 2.60 bits per heavy atom. The minimum Gasteiger partial charge on any atom is -0.378 e. The normalized spacial score (nSPS) is 28.0. The molecule has 0 amide bonds. The van der Waals surface area contributed by atoms with Crippen LogP contribution in [0.4, 0.5) is 0 Å². The van der Waals surface area contributed by atoms with Crippen LogP contribution in [0.25, 0.3) is 0 Å². The van der Waals surface area contributed by atoms with Gasteiger partial charge in [-0.1, -0.05) is 33.1 Å².